The second-order valence-corrected chi connectivity index (χ2v) is 8.39. The van der Waals surface area contributed by atoms with Crippen molar-refractivity contribution in [3.8, 4) is 0 Å². The Bertz CT molecular complexity index is 624. The van der Waals surface area contributed by atoms with Crippen LogP contribution in [-0.4, -0.2) is 38.1 Å². The standard InChI is InChI=1S/C16H22ClNO3S/c1-18(14-8-3-2-4-9-14)16(19)12-22(20,21)11-13-7-5-6-10-15(13)17/h5-7,10,14H,2-4,8-9,11-12H2,1H3. The van der Waals surface area contributed by atoms with Gasteiger partial charge in [0.2, 0.25) is 5.91 Å². The zero-order valence-corrected chi connectivity index (χ0v) is 14.4. The lowest BCUT2D eigenvalue weighted by molar-refractivity contribution is -0.129. The molecule has 0 unspecified atom stereocenters. The highest BCUT2D eigenvalue weighted by Crippen LogP contribution is 2.22. The highest BCUT2D eigenvalue weighted by Gasteiger charge is 2.26. The van der Waals surface area contributed by atoms with Gasteiger partial charge in [-0.25, -0.2) is 8.42 Å². The first-order valence-electron chi connectivity index (χ1n) is 7.58. The fourth-order valence-electron chi connectivity index (χ4n) is 2.87. The molecule has 2 rings (SSSR count). The van der Waals surface area contributed by atoms with E-state index in [2.05, 4.69) is 0 Å². The minimum Gasteiger partial charge on any atom is -0.342 e. The summed E-state index contributed by atoms with van der Waals surface area (Å²) >= 11 is 5.99. The molecule has 1 aromatic carbocycles. The number of benzene rings is 1. The average molecular weight is 344 g/mol. The molecule has 0 bridgehead atoms. The number of nitrogens with zero attached hydrogens (tertiary/aromatic N) is 1. The Labute approximate surface area is 137 Å². The summed E-state index contributed by atoms with van der Waals surface area (Å²) in [6, 6.07) is 7.00. The predicted octanol–water partition coefficient (Wildman–Crippen LogP) is 3.05. The van der Waals surface area contributed by atoms with Gasteiger partial charge in [0.25, 0.3) is 0 Å². The van der Waals surface area contributed by atoms with E-state index in [1.807, 2.05) is 0 Å². The van der Waals surface area contributed by atoms with Gasteiger partial charge in [0, 0.05) is 18.1 Å². The zero-order valence-electron chi connectivity index (χ0n) is 12.8. The first-order valence-corrected chi connectivity index (χ1v) is 9.78. The molecule has 22 heavy (non-hydrogen) atoms. The molecular weight excluding hydrogens is 322 g/mol. The molecule has 122 valence electrons. The van der Waals surface area contributed by atoms with Crippen molar-refractivity contribution >= 4 is 27.3 Å². The number of carbonyl (C=O) groups is 1. The van der Waals surface area contributed by atoms with Crippen LogP contribution < -0.4 is 0 Å². The summed E-state index contributed by atoms with van der Waals surface area (Å²) in [4.78, 5) is 13.9. The third-order valence-corrected chi connectivity index (χ3v) is 6.00. The Morgan fingerprint density at radius 2 is 1.86 bits per heavy atom. The Hall–Kier alpha value is -1.07. The lowest BCUT2D eigenvalue weighted by Crippen LogP contribution is -2.41. The molecule has 0 spiro atoms. The number of carbonyl (C=O) groups excluding carboxylic acids is 1. The van der Waals surface area contributed by atoms with Crippen molar-refractivity contribution in [1.82, 2.24) is 4.90 Å². The van der Waals surface area contributed by atoms with Crippen LogP contribution in [0.25, 0.3) is 0 Å². The molecule has 1 fully saturated rings. The Balaban J connectivity index is 1.98. The molecule has 0 saturated heterocycles. The summed E-state index contributed by atoms with van der Waals surface area (Å²) in [6.07, 6.45) is 5.34. The van der Waals surface area contributed by atoms with Crippen LogP contribution in [0.4, 0.5) is 0 Å². The highest BCUT2D eigenvalue weighted by atomic mass is 35.5. The Morgan fingerprint density at radius 3 is 2.50 bits per heavy atom. The molecule has 0 aliphatic heterocycles. The summed E-state index contributed by atoms with van der Waals surface area (Å²) < 4.78 is 24.5. The molecule has 0 heterocycles. The minimum atomic E-state index is -3.52. The molecule has 0 aromatic heterocycles. The molecule has 1 aromatic rings. The largest absolute Gasteiger partial charge is 0.342 e. The van der Waals surface area contributed by atoms with E-state index in [0.717, 1.165) is 25.7 Å². The molecule has 4 nitrogen and oxygen atoms in total. The Morgan fingerprint density at radius 1 is 1.23 bits per heavy atom. The zero-order chi connectivity index (χ0) is 16.2. The van der Waals surface area contributed by atoms with Crippen molar-refractivity contribution in [1.29, 1.82) is 0 Å². The summed E-state index contributed by atoms with van der Waals surface area (Å²) in [5.41, 5.74) is 0.539. The molecule has 1 aliphatic rings. The van der Waals surface area contributed by atoms with Gasteiger partial charge in [0.15, 0.2) is 9.84 Å². The van der Waals surface area contributed by atoms with Crippen molar-refractivity contribution in [3.05, 3.63) is 34.9 Å². The SMILES string of the molecule is CN(C(=O)CS(=O)(=O)Cc1ccccc1Cl)C1CCCCC1. The van der Waals surface area contributed by atoms with E-state index in [1.54, 1.807) is 36.2 Å². The fraction of sp³-hybridized carbons (Fsp3) is 0.562. The summed E-state index contributed by atoms with van der Waals surface area (Å²) in [5, 5.41) is 0.416. The predicted molar refractivity (Wildman–Crippen MR) is 88.6 cm³/mol. The third-order valence-electron chi connectivity index (χ3n) is 4.19. The second kappa shape index (κ2) is 7.47. The van der Waals surface area contributed by atoms with Gasteiger partial charge in [0.05, 0.1) is 5.75 Å². The van der Waals surface area contributed by atoms with Gasteiger partial charge in [-0.1, -0.05) is 49.1 Å². The smallest absolute Gasteiger partial charge is 0.237 e. The van der Waals surface area contributed by atoms with Crippen molar-refractivity contribution in [2.75, 3.05) is 12.8 Å². The molecule has 1 saturated carbocycles. The lowest BCUT2D eigenvalue weighted by Gasteiger charge is -2.31. The molecule has 0 atom stereocenters. The molecule has 6 heteroatoms. The van der Waals surface area contributed by atoms with E-state index in [9.17, 15) is 13.2 Å². The third kappa shape index (κ3) is 4.71. The van der Waals surface area contributed by atoms with Crippen LogP contribution in [0, 0.1) is 0 Å². The van der Waals surface area contributed by atoms with Gasteiger partial charge < -0.3 is 4.90 Å². The first-order chi connectivity index (χ1) is 10.4. The second-order valence-electron chi connectivity index (χ2n) is 5.92. The topological polar surface area (TPSA) is 54.5 Å². The van der Waals surface area contributed by atoms with Crippen molar-refractivity contribution < 1.29 is 13.2 Å². The maximum atomic E-state index is 12.2. The highest BCUT2D eigenvalue weighted by molar-refractivity contribution is 7.91. The Kier molecular flexibility index (Phi) is 5.87. The fourth-order valence-corrected chi connectivity index (χ4v) is 4.55. The van der Waals surface area contributed by atoms with E-state index in [4.69, 9.17) is 11.6 Å². The monoisotopic (exact) mass is 343 g/mol. The van der Waals surface area contributed by atoms with E-state index in [-0.39, 0.29) is 17.7 Å². The van der Waals surface area contributed by atoms with Crippen LogP contribution in [0.1, 0.15) is 37.7 Å². The number of rotatable bonds is 5. The number of amides is 1. The quantitative estimate of drug-likeness (QED) is 0.825. The normalized spacial score (nSPS) is 16.5. The lowest BCUT2D eigenvalue weighted by atomic mass is 9.94. The van der Waals surface area contributed by atoms with Crippen molar-refractivity contribution in [2.24, 2.45) is 0 Å². The average Bonchev–Trinajstić information content (AvgIpc) is 2.49. The summed E-state index contributed by atoms with van der Waals surface area (Å²) in [5.74, 6) is -0.971. The van der Waals surface area contributed by atoms with Crippen LogP contribution in [0.2, 0.25) is 5.02 Å². The van der Waals surface area contributed by atoms with Gasteiger partial charge in [-0.15, -0.1) is 0 Å². The van der Waals surface area contributed by atoms with Gasteiger partial charge in [-0.2, -0.15) is 0 Å². The maximum absolute atomic E-state index is 12.2. The van der Waals surface area contributed by atoms with Crippen LogP contribution in [0.5, 0.6) is 0 Å². The molecule has 0 radical (unpaired) electrons. The minimum absolute atomic E-state index is 0.178. The van der Waals surface area contributed by atoms with Crippen LogP contribution >= 0.6 is 11.6 Å². The van der Waals surface area contributed by atoms with Crippen LogP contribution in [-0.2, 0) is 20.4 Å². The van der Waals surface area contributed by atoms with Gasteiger partial charge >= 0.3 is 0 Å². The number of hydrogen-bond donors (Lipinski definition) is 0. The van der Waals surface area contributed by atoms with E-state index >= 15 is 0 Å². The van der Waals surface area contributed by atoms with Crippen molar-refractivity contribution in [3.63, 3.8) is 0 Å². The van der Waals surface area contributed by atoms with Gasteiger partial charge in [-0.3, -0.25) is 4.79 Å². The summed E-state index contributed by atoms with van der Waals surface area (Å²) in [6.45, 7) is 0. The molecular formula is C16H22ClNO3S. The number of sulfone groups is 1. The first kappa shape index (κ1) is 17.3. The van der Waals surface area contributed by atoms with E-state index < -0.39 is 15.6 Å². The van der Waals surface area contributed by atoms with Gasteiger partial charge in [-0.05, 0) is 24.5 Å². The van der Waals surface area contributed by atoms with E-state index in [1.165, 1.54) is 6.42 Å². The maximum Gasteiger partial charge on any atom is 0.237 e. The number of halogens is 1. The van der Waals surface area contributed by atoms with E-state index in [0.29, 0.717) is 10.6 Å². The van der Waals surface area contributed by atoms with Crippen molar-refractivity contribution in [2.45, 2.75) is 43.9 Å². The molecule has 1 aliphatic carbocycles. The van der Waals surface area contributed by atoms with Crippen LogP contribution in [0.15, 0.2) is 24.3 Å². The summed E-state index contributed by atoms with van der Waals surface area (Å²) in [7, 11) is -1.80. The van der Waals surface area contributed by atoms with Gasteiger partial charge in [0.1, 0.15) is 5.75 Å². The molecule has 0 N–H and O–H groups in total. The van der Waals surface area contributed by atoms with Crippen LogP contribution in [0.3, 0.4) is 0 Å². The number of hydrogen-bond acceptors (Lipinski definition) is 3. The molecule has 1 amide bonds.